The van der Waals surface area contributed by atoms with Crippen LogP contribution in [0.15, 0.2) is 46.1 Å². The zero-order valence-electron chi connectivity index (χ0n) is 20.2. The van der Waals surface area contributed by atoms with Crippen LogP contribution in [0.3, 0.4) is 0 Å². The quantitative estimate of drug-likeness (QED) is 0.320. The number of amides is 1. The van der Waals surface area contributed by atoms with Crippen LogP contribution in [0.1, 0.15) is 43.5 Å². The van der Waals surface area contributed by atoms with E-state index in [-0.39, 0.29) is 11.4 Å². The molecule has 0 radical (unpaired) electrons. The summed E-state index contributed by atoms with van der Waals surface area (Å²) in [6.07, 6.45) is 7.25. The van der Waals surface area contributed by atoms with Gasteiger partial charge in [0.25, 0.3) is 5.91 Å². The maximum atomic E-state index is 11.8. The van der Waals surface area contributed by atoms with Gasteiger partial charge in [-0.05, 0) is 0 Å². The summed E-state index contributed by atoms with van der Waals surface area (Å²) < 4.78 is 19.5. The number of ether oxygens (including phenoxy) is 2. The monoisotopic (exact) mass is 576 g/mol. The summed E-state index contributed by atoms with van der Waals surface area (Å²) in [6, 6.07) is 2.75. The maximum Gasteiger partial charge on any atom is 0.358 e. The number of pyridine rings is 2. The van der Waals surface area contributed by atoms with Crippen molar-refractivity contribution in [1.29, 1.82) is 0 Å². The topological polar surface area (TPSA) is 189 Å². The minimum absolute atomic E-state index is 0.0648. The maximum absolute atomic E-state index is 11.8. The Morgan fingerprint density at radius 2 is 1.44 bits per heavy atom. The number of nitrogens with zero attached hydrogens (tertiary/aromatic N) is 4. The number of nitrogen functional groups attached to an aromatic ring is 1. The molecule has 0 aliphatic carbocycles. The van der Waals surface area contributed by atoms with Crippen LogP contribution in [0.25, 0.3) is 0 Å². The summed E-state index contributed by atoms with van der Waals surface area (Å²) in [5, 5.41) is 18.6. The predicted molar refractivity (Wildman–Crippen MR) is 138 cm³/mol. The normalized spacial score (nSPS) is 13.5. The molecule has 2 aliphatic rings. The van der Waals surface area contributed by atoms with Gasteiger partial charge in [-0.25, -0.2) is 4.79 Å². The number of fused-ring (bicyclic) bond motifs is 2. The molecule has 0 saturated carbocycles. The van der Waals surface area contributed by atoms with Crippen LogP contribution >= 0.6 is 23.2 Å². The first kappa shape index (κ1) is 28.0. The van der Waals surface area contributed by atoms with Crippen LogP contribution in [0, 0.1) is 0 Å². The number of halogens is 2. The second-order valence-electron chi connectivity index (χ2n) is 8.00. The van der Waals surface area contributed by atoms with E-state index in [0.29, 0.717) is 41.2 Å². The molecule has 0 bridgehead atoms. The number of carbonyl (C=O) groups excluding carboxylic acids is 1. The highest BCUT2D eigenvalue weighted by atomic mass is 35.5. The van der Waals surface area contributed by atoms with Crippen LogP contribution < -0.4 is 11.1 Å². The molecular formula is C24H22Cl2N6O7. The van der Waals surface area contributed by atoms with Gasteiger partial charge in [0.15, 0.2) is 11.4 Å². The molecule has 1 amide bonds. The highest BCUT2D eigenvalue weighted by Crippen LogP contribution is 2.30. The Balaban J connectivity index is 0.000000150. The van der Waals surface area contributed by atoms with E-state index in [1.807, 2.05) is 0 Å². The SMILES string of the molecule is Nc1cnc2c(c1Cl)COCC2.O=C(Nc1cnc2c(c1Cl)COCC2)c1ccon1.O=C(O)c1ccon1. The van der Waals surface area contributed by atoms with E-state index in [1.54, 1.807) is 12.4 Å². The van der Waals surface area contributed by atoms with E-state index in [4.69, 9.17) is 43.5 Å². The summed E-state index contributed by atoms with van der Waals surface area (Å²) in [5.41, 5.74) is 10.4. The zero-order chi connectivity index (χ0) is 27.8. The summed E-state index contributed by atoms with van der Waals surface area (Å²) in [4.78, 5) is 30.3. The van der Waals surface area contributed by atoms with E-state index in [0.717, 1.165) is 42.0 Å². The Kier molecular flexibility index (Phi) is 9.44. The van der Waals surface area contributed by atoms with E-state index in [9.17, 15) is 9.59 Å². The highest BCUT2D eigenvalue weighted by Gasteiger charge is 2.19. The first-order valence-corrected chi connectivity index (χ1v) is 12.2. The van der Waals surface area contributed by atoms with E-state index >= 15 is 0 Å². The van der Waals surface area contributed by atoms with Crippen molar-refractivity contribution >= 4 is 46.5 Å². The van der Waals surface area contributed by atoms with Crippen molar-refractivity contribution in [2.24, 2.45) is 0 Å². The van der Waals surface area contributed by atoms with E-state index < -0.39 is 11.9 Å². The first-order chi connectivity index (χ1) is 18.8. The summed E-state index contributed by atoms with van der Waals surface area (Å²) in [5.74, 6) is -1.46. The van der Waals surface area contributed by atoms with Gasteiger partial charge in [-0.3, -0.25) is 14.8 Å². The number of nitrogens with two attached hydrogens (primary N) is 1. The Labute approximate surface area is 231 Å². The molecule has 4 aromatic heterocycles. The van der Waals surface area contributed by atoms with Crippen molar-refractivity contribution < 1.29 is 33.2 Å². The van der Waals surface area contributed by atoms with Crippen molar-refractivity contribution in [3.63, 3.8) is 0 Å². The molecule has 39 heavy (non-hydrogen) atoms. The molecule has 204 valence electrons. The molecule has 6 heterocycles. The minimum Gasteiger partial charge on any atom is -0.476 e. The highest BCUT2D eigenvalue weighted by molar-refractivity contribution is 6.34. The predicted octanol–water partition coefficient (Wildman–Crippen LogP) is 3.81. The number of rotatable bonds is 3. The van der Waals surface area contributed by atoms with Gasteiger partial charge < -0.3 is 34.7 Å². The second-order valence-corrected chi connectivity index (χ2v) is 8.75. The molecule has 0 fully saturated rings. The second kappa shape index (κ2) is 13.2. The number of hydrogen-bond donors (Lipinski definition) is 3. The number of anilines is 2. The van der Waals surface area contributed by atoms with Crippen molar-refractivity contribution in [2.75, 3.05) is 24.3 Å². The molecule has 0 aromatic carbocycles. The summed E-state index contributed by atoms with van der Waals surface area (Å²) >= 11 is 12.2. The molecule has 15 heteroatoms. The molecule has 4 N–H and O–H groups in total. The van der Waals surface area contributed by atoms with Gasteiger partial charge in [-0.15, -0.1) is 0 Å². The molecule has 13 nitrogen and oxygen atoms in total. The van der Waals surface area contributed by atoms with Gasteiger partial charge in [0, 0.05) is 47.5 Å². The zero-order valence-corrected chi connectivity index (χ0v) is 21.7. The van der Waals surface area contributed by atoms with Crippen molar-refractivity contribution in [3.8, 4) is 0 Å². The fraction of sp³-hybridized carbons (Fsp3) is 0.250. The number of aromatic nitrogens is 4. The smallest absolute Gasteiger partial charge is 0.358 e. The number of aromatic carboxylic acids is 1. The third-order valence-corrected chi connectivity index (χ3v) is 6.34. The number of carboxylic acid groups (broad SMARTS) is 1. The molecular weight excluding hydrogens is 555 g/mol. The third kappa shape index (κ3) is 7.09. The lowest BCUT2D eigenvalue weighted by molar-refractivity contribution is 0.0685. The van der Waals surface area contributed by atoms with Crippen LogP contribution in [0.2, 0.25) is 10.0 Å². The average Bonchev–Trinajstić information content (AvgIpc) is 3.69. The number of carbonyl (C=O) groups is 2. The number of hydrogen-bond acceptors (Lipinski definition) is 11. The molecule has 0 spiro atoms. The van der Waals surface area contributed by atoms with Gasteiger partial charge in [0.1, 0.15) is 12.5 Å². The minimum atomic E-state index is -1.07. The van der Waals surface area contributed by atoms with Crippen molar-refractivity contribution in [2.45, 2.75) is 26.1 Å². The van der Waals surface area contributed by atoms with E-state index in [1.165, 1.54) is 24.7 Å². The largest absolute Gasteiger partial charge is 0.476 e. The van der Waals surface area contributed by atoms with Crippen molar-refractivity contribution in [1.82, 2.24) is 20.3 Å². The van der Waals surface area contributed by atoms with Gasteiger partial charge in [-0.2, -0.15) is 0 Å². The Bertz CT molecular complexity index is 1430. The number of carboxylic acids is 1. The molecule has 4 aromatic rings. The summed E-state index contributed by atoms with van der Waals surface area (Å²) in [6.45, 7) is 2.31. The van der Waals surface area contributed by atoms with Crippen LogP contribution in [-0.2, 0) is 35.5 Å². The van der Waals surface area contributed by atoms with Crippen LogP contribution in [0.4, 0.5) is 11.4 Å². The van der Waals surface area contributed by atoms with Gasteiger partial charge in [0.2, 0.25) is 0 Å². The van der Waals surface area contributed by atoms with Gasteiger partial charge >= 0.3 is 5.97 Å². The number of nitrogens with one attached hydrogen (secondary N) is 1. The molecule has 0 atom stereocenters. The fourth-order valence-corrected chi connectivity index (χ4v) is 3.96. The lowest BCUT2D eigenvalue weighted by Gasteiger charge is -2.18. The lowest BCUT2D eigenvalue weighted by atomic mass is 10.1. The fourth-order valence-electron chi connectivity index (χ4n) is 3.49. The van der Waals surface area contributed by atoms with Crippen LogP contribution in [-0.4, -0.2) is 50.5 Å². The first-order valence-electron chi connectivity index (χ1n) is 11.4. The van der Waals surface area contributed by atoms with E-state index in [2.05, 4.69) is 34.6 Å². The van der Waals surface area contributed by atoms with Gasteiger partial charge in [-0.1, -0.05) is 33.5 Å². The molecule has 2 aliphatic heterocycles. The Hall–Kier alpha value is -4.04. The van der Waals surface area contributed by atoms with Crippen LogP contribution in [0.5, 0.6) is 0 Å². The molecule has 0 unspecified atom stereocenters. The third-order valence-electron chi connectivity index (χ3n) is 5.46. The molecule has 0 saturated heterocycles. The Morgan fingerprint density at radius 1 is 0.872 bits per heavy atom. The van der Waals surface area contributed by atoms with Gasteiger partial charge in [0.05, 0.1) is 60.2 Å². The lowest BCUT2D eigenvalue weighted by Crippen LogP contribution is -2.16. The Morgan fingerprint density at radius 3 is 1.97 bits per heavy atom. The summed E-state index contributed by atoms with van der Waals surface area (Å²) in [7, 11) is 0. The standard InChI is InChI=1S/C12H10ClN3O3.C8H9ClN2O.C4H3NO3/c13-11-7-6-18-3-1-8(7)14-5-10(11)15-12(17)9-2-4-19-16-9;9-8-5-4-12-2-1-7(5)11-3-6(8)10;6-4(7)3-1-2-8-5-3/h2,4-5H,1,3,6H2,(H,15,17);3H,1-2,4,10H2;1-2H,(H,6,7). The van der Waals surface area contributed by atoms with Crippen molar-refractivity contribution in [3.05, 3.63) is 81.0 Å². The molecule has 6 rings (SSSR count). The average molecular weight is 577 g/mol.